The molecule has 166 valence electrons. The molecule has 1 saturated carbocycles. The highest BCUT2D eigenvalue weighted by molar-refractivity contribution is 7.88. The lowest BCUT2D eigenvalue weighted by Crippen LogP contribution is -2.59. The topological polar surface area (TPSA) is 84.9 Å². The van der Waals surface area contributed by atoms with Crippen LogP contribution in [0.2, 0.25) is 0 Å². The Balaban J connectivity index is 1.63. The van der Waals surface area contributed by atoms with Gasteiger partial charge in [-0.15, -0.1) is 0 Å². The molecule has 2 atom stereocenters. The Morgan fingerprint density at radius 2 is 1.93 bits per heavy atom. The summed E-state index contributed by atoms with van der Waals surface area (Å²) in [7, 11) is -3.42. The van der Waals surface area contributed by atoms with Gasteiger partial charge in [0.25, 0.3) is 5.91 Å². The Hall–Kier alpha value is -1.71. The van der Waals surface area contributed by atoms with E-state index in [0.29, 0.717) is 30.7 Å². The normalized spacial score (nSPS) is 30.3. The van der Waals surface area contributed by atoms with Crippen LogP contribution in [0.15, 0.2) is 18.2 Å². The largest absolute Gasteiger partial charge is 0.483 e. The van der Waals surface area contributed by atoms with E-state index in [0.717, 1.165) is 31.9 Å². The van der Waals surface area contributed by atoms with E-state index in [9.17, 15) is 17.6 Å². The minimum atomic E-state index is -3.42. The quantitative estimate of drug-likeness (QED) is 0.762. The number of piperidine rings is 1. The van der Waals surface area contributed by atoms with Gasteiger partial charge in [0, 0.05) is 18.2 Å². The predicted octanol–water partition coefficient (Wildman–Crippen LogP) is 2.17. The highest BCUT2D eigenvalue weighted by Crippen LogP contribution is 2.40. The van der Waals surface area contributed by atoms with Gasteiger partial charge in [-0.05, 0) is 56.6 Å². The van der Waals surface area contributed by atoms with E-state index in [1.165, 1.54) is 6.07 Å². The molecule has 4 aliphatic rings. The maximum absolute atomic E-state index is 14.6. The Bertz CT molecular complexity index is 885. The monoisotopic (exact) mass is 440 g/mol. The van der Waals surface area contributed by atoms with Gasteiger partial charge in [-0.1, -0.05) is 6.07 Å². The van der Waals surface area contributed by atoms with Gasteiger partial charge in [-0.25, -0.2) is 17.5 Å². The van der Waals surface area contributed by atoms with Crippen LogP contribution in [0.1, 0.15) is 50.0 Å². The van der Waals surface area contributed by atoms with E-state index in [4.69, 9.17) is 9.47 Å². The van der Waals surface area contributed by atoms with Crippen LogP contribution in [0.5, 0.6) is 5.75 Å². The number of sulfonamides is 1. The molecule has 1 N–H and O–H groups in total. The molecule has 1 aliphatic carbocycles. The molecule has 2 fully saturated rings. The molecule has 0 spiro atoms. The van der Waals surface area contributed by atoms with Gasteiger partial charge in [-0.3, -0.25) is 4.79 Å². The molecule has 2 bridgehead atoms. The maximum atomic E-state index is 14.6. The number of carbonyl (C=O) groups excluding carboxylic acids is 1. The molecule has 1 aromatic rings. The lowest BCUT2D eigenvalue weighted by molar-refractivity contribution is -0.140. The van der Waals surface area contributed by atoms with E-state index in [1.54, 1.807) is 17.0 Å². The number of rotatable bonds is 2. The number of nitrogens with zero attached hydrogens (tertiary/aromatic N) is 1. The molecule has 9 heteroatoms. The second-order valence-corrected chi connectivity index (χ2v) is 10.3. The van der Waals surface area contributed by atoms with E-state index >= 15 is 0 Å². The van der Waals surface area contributed by atoms with Crippen molar-refractivity contribution in [1.82, 2.24) is 9.62 Å². The SMILES string of the molecule is CS(=O)(=O)NC1CCCN2C(=O)COc3cccc(F)c3C3CCC(CC3)OCC12. The van der Waals surface area contributed by atoms with Crippen LogP contribution in [-0.4, -0.2) is 63.4 Å². The first kappa shape index (κ1) is 21.5. The van der Waals surface area contributed by atoms with E-state index in [-0.39, 0.29) is 37.0 Å². The Kier molecular flexibility index (Phi) is 6.31. The summed E-state index contributed by atoms with van der Waals surface area (Å²) >= 11 is 0. The summed E-state index contributed by atoms with van der Waals surface area (Å²) in [5, 5.41) is 0. The van der Waals surface area contributed by atoms with Crippen LogP contribution >= 0.6 is 0 Å². The molecule has 3 heterocycles. The van der Waals surface area contributed by atoms with E-state index in [2.05, 4.69) is 4.72 Å². The van der Waals surface area contributed by atoms with Crippen molar-refractivity contribution in [3.8, 4) is 5.75 Å². The van der Waals surface area contributed by atoms with Gasteiger partial charge in [0.15, 0.2) is 6.61 Å². The molecule has 30 heavy (non-hydrogen) atoms. The van der Waals surface area contributed by atoms with Crippen molar-refractivity contribution >= 4 is 15.9 Å². The second kappa shape index (κ2) is 8.80. The van der Waals surface area contributed by atoms with E-state index < -0.39 is 22.1 Å². The van der Waals surface area contributed by atoms with Gasteiger partial charge in [-0.2, -0.15) is 0 Å². The van der Waals surface area contributed by atoms with Gasteiger partial charge in [0.1, 0.15) is 11.6 Å². The summed E-state index contributed by atoms with van der Waals surface area (Å²) < 4.78 is 53.0. The molecule has 0 aromatic heterocycles. The molecule has 1 saturated heterocycles. The molecule has 7 nitrogen and oxygen atoms in total. The first-order valence-electron chi connectivity index (χ1n) is 10.6. The zero-order chi connectivity index (χ0) is 21.3. The molecular formula is C21H29FN2O5S. The average Bonchev–Trinajstić information content (AvgIpc) is 2.71. The van der Waals surface area contributed by atoms with Crippen LogP contribution in [-0.2, 0) is 19.6 Å². The fraction of sp³-hybridized carbons (Fsp3) is 0.667. The number of halogens is 1. The molecular weight excluding hydrogens is 411 g/mol. The van der Waals surface area contributed by atoms with Gasteiger partial charge < -0.3 is 14.4 Å². The van der Waals surface area contributed by atoms with Gasteiger partial charge >= 0.3 is 0 Å². The molecule has 3 aliphatic heterocycles. The summed E-state index contributed by atoms with van der Waals surface area (Å²) in [6, 6.07) is 3.96. The third-order valence-corrected chi connectivity index (χ3v) is 7.14. The number of benzene rings is 1. The van der Waals surface area contributed by atoms with Crippen LogP contribution in [0.25, 0.3) is 0 Å². The highest BCUT2D eigenvalue weighted by Gasteiger charge is 2.38. The van der Waals surface area contributed by atoms with Crippen LogP contribution in [0.4, 0.5) is 4.39 Å². The Labute approximate surface area is 177 Å². The van der Waals surface area contributed by atoms with Crippen LogP contribution in [0.3, 0.4) is 0 Å². The predicted molar refractivity (Wildman–Crippen MR) is 109 cm³/mol. The number of nitrogens with one attached hydrogen (secondary N) is 1. The first-order valence-corrected chi connectivity index (χ1v) is 12.5. The molecule has 0 radical (unpaired) electrons. The van der Waals surface area contributed by atoms with Crippen molar-refractivity contribution in [2.24, 2.45) is 0 Å². The lowest BCUT2D eigenvalue weighted by atomic mass is 9.82. The second-order valence-electron chi connectivity index (χ2n) is 8.54. The summed E-state index contributed by atoms with van der Waals surface area (Å²) in [6.07, 6.45) is 5.65. The minimum absolute atomic E-state index is 0.0240. The smallest absolute Gasteiger partial charge is 0.260 e. The molecule has 1 aromatic carbocycles. The van der Waals surface area contributed by atoms with Gasteiger partial charge in [0.05, 0.1) is 25.0 Å². The lowest BCUT2D eigenvalue weighted by Gasteiger charge is -2.41. The number of hydrogen-bond donors (Lipinski definition) is 1. The van der Waals surface area contributed by atoms with Crippen molar-refractivity contribution < 1.29 is 27.1 Å². The summed E-state index contributed by atoms with van der Waals surface area (Å²) in [6.45, 7) is 0.575. The molecule has 5 rings (SSSR count). The van der Waals surface area contributed by atoms with Gasteiger partial charge in [0.2, 0.25) is 10.0 Å². The minimum Gasteiger partial charge on any atom is -0.483 e. The number of ether oxygens (including phenoxy) is 2. The fourth-order valence-electron chi connectivity index (χ4n) is 5.00. The third kappa shape index (κ3) is 4.78. The number of carbonyl (C=O) groups is 1. The zero-order valence-corrected chi connectivity index (χ0v) is 18.0. The van der Waals surface area contributed by atoms with Crippen molar-refractivity contribution in [3.63, 3.8) is 0 Å². The number of fused-ring (bicyclic) bond motifs is 5. The number of amides is 1. The average molecular weight is 441 g/mol. The van der Waals surface area contributed by atoms with Crippen LogP contribution < -0.4 is 9.46 Å². The molecule has 2 unspecified atom stereocenters. The van der Waals surface area contributed by atoms with E-state index in [1.807, 2.05) is 0 Å². The number of hydrogen-bond acceptors (Lipinski definition) is 5. The molecule has 1 amide bonds. The Morgan fingerprint density at radius 1 is 1.17 bits per heavy atom. The third-order valence-electron chi connectivity index (χ3n) is 6.41. The fourth-order valence-corrected chi connectivity index (χ4v) is 5.82. The zero-order valence-electron chi connectivity index (χ0n) is 17.2. The standard InChI is InChI=1S/C21H29FN2O5S/c1-30(26,27)23-17-5-3-11-24-18(17)12-28-15-9-7-14(8-10-15)21-16(22)4-2-6-19(21)29-13-20(24)25/h2,4,6,14-15,17-18,23H,3,5,7-13H2,1H3. The highest BCUT2D eigenvalue weighted by atomic mass is 32.2. The van der Waals surface area contributed by atoms with Crippen molar-refractivity contribution in [2.75, 3.05) is 26.0 Å². The summed E-state index contributed by atoms with van der Waals surface area (Å²) in [5.41, 5.74) is 0.551. The Morgan fingerprint density at radius 3 is 2.67 bits per heavy atom. The van der Waals surface area contributed by atoms with Crippen LogP contribution in [0, 0.1) is 5.82 Å². The van der Waals surface area contributed by atoms with Crippen molar-refractivity contribution in [3.05, 3.63) is 29.6 Å². The first-order chi connectivity index (χ1) is 14.3. The summed E-state index contributed by atoms with van der Waals surface area (Å²) in [4.78, 5) is 14.7. The maximum Gasteiger partial charge on any atom is 0.260 e. The van der Waals surface area contributed by atoms with Crippen molar-refractivity contribution in [2.45, 2.75) is 62.6 Å². The van der Waals surface area contributed by atoms with Crippen molar-refractivity contribution in [1.29, 1.82) is 0 Å². The summed E-state index contributed by atoms with van der Waals surface area (Å²) in [5.74, 6) is -0.0802.